The number of hydrogen-bond donors (Lipinski definition) is 0. The first kappa shape index (κ1) is 15.0. The molecule has 2 aromatic rings. The normalized spacial score (nSPS) is 12.4. The first-order valence-corrected chi connectivity index (χ1v) is 7.24. The molecule has 0 radical (unpaired) electrons. The lowest BCUT2D eigenvalue weighted by molar-refractivity contribution is 0.559. The van der Waals surface area contributed by atoms with Gasteiger partial charge in [0.2, 0.25) is 0 Å². The number of alkyl halides is 1. The van der Waals surface area contributed by atoms with Gasteiger partial charge in [-0.25, -0.2) is 8.78 Å². The minimum atomic E-state index is -0.809. The van der Waals surface area contributed by atoms with Gasteiger partial charge in [-0.15, -0.1) is 11.6 Å². The van der Waals surface area contributed by atoms with Crippen molar-refractivity contribution in [1.29, 1.82) is 0 Å². The molecule has 0 aliphatic carbocycles. The highest BCUT2D eigenvalue weighted by Gasteiger charge is 2.19. The molecule has 0 fully saturated rings. The summed E-state index contributed by atoms with van der Waals surface area (Å²) in [5, 5.41) is -0.809. The lowest BCUT2D eigenvalue weighted by atomic mass is 10.0. The summed E-state index contributed by atoms with van der Waals surface area (Å²) < 4.78 is 27.4. The Bertz CT molecular complexity index is 543. The van der Waals surface area contributed by atoms with Crippen molar-refractivity contribution < 1.29 is 8.78 Å². The Balaban J connectivity index is 2.23. The van der Waals surface area contributed by atoms with Crippen LogP contribution in [0.2, 0.25) is 0 Å². The van der Waals surface area contributed by atoms with Crippen LogP contribution >= 0.6 is 11.6 Å². The molecule has 0 amide bonds. The fraction of sp³-hybridized carbons (Fsp3) is 0.294. The molecule has 3 heteroatoms. The Morgan fingerprint density at radius 1 is 1.00 bits per heavy atom. The summed E-state index contributed by atoms with van der Waals surface area (Å²) in [6.07, 6.45) is 3.28. The van der Waals surface area contributed by atoms with Gasteiger partial charge in [-0.2, -0.15) is 0 Å². The van der Waals surface area contributed by atoms with Crippen LogP contribution in [0, 0.1) is 11.6 Å². The van der Waals surface area contributed by atoms with Gasteiger partial charge in [-0.3, -0.25) is 0 Å². The van der Waals surface area contributed by atoms with Gasteiger partial charge >= 0.3 is 0 Å². The lowest BCUT2D eigenvalue weighted by Crippen LogP contribution is -2.01. The molecule has 0 saturated heterocycles. The average Bonchev–Trinajstić information content (AvgIpc) is 2.45. The van der Waals surface area contributed by atoms with Gasteiger partial charge in [0.1, 0.15) is 11.6 Å². The molecule has 1 atom stereocenters. The second-order valence-corrected chi connectivity index (χ2v) is 5.28. The summed E-state index contributed by atoms with van der Waals surface area (Å²) in [6.45, 7) is 2.14. The van der Waals surface area contributed by atoms with Crippen molar-refractivity contribution in [2.45, 2.75) is 31.6 Å². The van der Waals surface area contributed by atoms with E-state index in [0.29, 0.717) is 5.56 Å². The fourth-order valence-corrected chi connectivity index (χ4v) is 2.51. The van der Waals surface area contributed by atoms with Crippen LogP contribution in [-0.4, -0.2) is 0 Å². The van der Waals surface area contributed by atoms with E-state index in [1.807, 2.05) is 24.3 Å². The second-order valence-electron chi connectivity index (χ2n) is 4.84. The molecule has 0 bridgehead atoms. The standard InChI is InChI=1S/C17H17ClF2/c1-2-3-5-12-8-10-13(11-9-12)17(18)16-14(19)6-4-7-15(16)20/h4,6-11,17H,2-3,5H2,1H3. The Kier molecular flexibility index (Phi) is 5.13. The third-order valence-corrected chi connectivity index (χ3v) is 3.81. The summed E-state index contributed by atoms with van der Waals surface area (Å²) in [4.78, 5) is 0. The molecule has 0 aliphatic rings. The molecule has 106 valence electrons. The van der Waals surface area contributed by atoms with E-state index in [1.165, 1.54) is 23.8 Å². The van der Waals surface area contributed by atoms with Crippen molar-refractivity contribution in [3.05, 3.63) is 70.8 Å². The van der Waals surface area contributed by atoms with Crippen LogP contribution in [0.4, 0.5) is 8.78 Å². The Hall–Kier alpha value is -1.41. The van der Waals surface area contributed by atoms with Crippen molar-refractivity contribution in [2.75, 3.05) is 0 Å². The summed E-state index contributed by atoms with van der Waals surface area (Å²) in [7, 11) is 0. The molecule has 20 heavy (non-hydrogen) atoms. The summed E-state index contributed by atoms with van der Waals surface area (Å²) in [5.41, 5.74) is 1.83. The monoisotopic (exact) mass is 294 g/mol. The molecule has 0 nitrogen and oxygen atoms in total. The molecule has 0 aromatic heterocycles. The largest absolute Gasteiger partial charge is 0.207 e. The van der Waals surface area contributed by atoms with Gasteiger partial charge in [0, 0.05) is 5.56 Å². The predicted molar refractivity (Wildman–Crippen MR) is 79.1 cm³/mol. The van der Waals surface area contributed by atoms with E-state index < -0.39 is 17.0 Å². The maximum absolute atomic E-state index is 13.7. The molecular formula is C17H17ClF2. The average molecular weight is 295 g/mol. The quantitative estimate of drug-likeness (QED) is 0.626. The number of benzene rings is 2. The molecular weight excluding hydrogens is 278 g/mol. The van der Waals surface area contributed by atoms with Crippen molar-refractivity contribution in [2.24, 2.45) is 0 Å². The number of aryl methyl sites for hydroxylation is 1. The van der Waals surface area contributed by atoms with Crippen LogP contribution in [0.25, 0.3) is 0 Å². The zero-order valence-corrected chi connectivity index (χ0v) is 12.1. The minimum Gasteiger partial charge on any atom is -0.207 e. The van der Waals surface area contributed by atoms with Crippen molar-refractivity contribution in [1.82, 2.24) is 0 Å². The van der Waals surface area contributed by atoms with E-state index in [1.54, 1.807) is 0 Å². The van der Waals surface area contributed by atoms with E-state index >= 15 is 0 Å². The minimum absolute atomic E-state index is 0.0875. The first-order valence-electron chi connectivity index (χ1n) is 6.80. The van der Waals surface area contributed by atoms with Crippen molar-refractivity contribution >= 4 is 11.6 Å². The second kappa shape index (κ2) is 6.85. The maximum atomic E-state index is 13.7. The van der Waals surface area contributed by atoms with Gasteiger partial charge in [-0.05, 0) is 36.1 Å². The smallest absolute Gasteiger partial charge is 0.131 e. The number of unbranched alkanes of at least 4 members (excludes halogenated alkanes) is 1. The number of halogens is 3. The van der Waals surface area contributed by atoms with Gasteiger partial charge in [0.15, 0.2) is 0 Å². The predicted octanol–water partition coefficient (Wildman–Crippen LogP) is 5.64. The number of rotatable bonds is 5. The summed E-state index contributed by atoms with van der Waals surface area (Å²) in [5.74, 6) is -1.22. The maximum Gasteiger partial charge on any atom is 0.131 e. The topological polar surface area (TPSA) is 0 Å². The SMILES string of the molecule is CCCCc1ccc(C(Cl)c2c(F)cccc2F)cc1. The third-order valence-electron chi connectivity index (χ3n) is 3.34. The summed E-state index contributed by atoms with van der Waals surface area (Å²) in [6, 6.07) is 11.4. The van der Waals surface area contributed by atoms with Gasteiger partial charge in [0.05, 0.1) is 5.38 Å². The van der Waals surface area contributed by atoms with E-state index in [2.05, 4.69) is 6.92 Å². The Morgan fingerprint density at radius 3 is 2.15 bits per heavy atom. The number of hydrogen-bond acceptors (Lipinski definition) is 0. The van der Waals surface area contributed by atoms with E-state index in [4.69, 9.17) is 11.6 Å². The molecule has 0 aliphatic heterocycles. The van der Waals surface area contributed by atoms with E-state index in [-0.39, 0.29) is 5.56 Å². The van der Waals surface area contributed by atoms with Gasteiger partial charge in [-0.1, -0.05) is 43.7 Å². The zero-order valence-electron chi connectivity index (χ0n) is 11.4. The fourth-order valence-electron chi connectivity index (χ4n) is 2.15. The molecule has 0 heterocycles. The van der Waals surface area contributed by atoms with Gasteiger partial charge < -0.3 is 0 Å². The van der Waals surface area contributed by atoms with Crippen LogP contribution in [-0.2, 0) is 6.42 Å². The first-order chi connectivity index (χ1) is 9.63. The third kappa shape index (κ3) is 3.37. The highest BCUT2D eigenvalue weighted by molar-refractivity contribution is 6.22. The van der Waals surface area contributed by atoms with Crippen LogP contribution in [0.1, 0.15) is 41.8 Å². The Morgan fingerprint density at radius 2 is 1.60 bits per heavy atom. The van der Waals surface area contributed by atoms with E-state index in [0.717, 1.165) is 19.3 Å². The summed E-state index contributed by atoms with van der Waals surface area (Å²) >= 11 is 6.22. The molecule has 1 unspecified atom stereocenters. The highest BCUT2D eigenvalue weighted by Crippen LogP contribution is 2.32. The van der Waals surface area contributed by atoms with Crippen molar-refractivity contribution in [3.63, 3.8) is 0 Å². The van der Waals surface area contributed by atoms with Crippen LogP contribution in [0.5, 0.6) is 0 Å². The molecule has 0 saturated carbocycles. The molecule has 2 aromatic carbocycles. The van der Waals surface area contributed by atoms with Crippen LogP contribution < -0.4 is 0 Å². The van der Waals surface area contributed by atoms with Gasteiger partial charge in [0.25, 0.3) is 0 Å². The van der Waals surface area contributed by atoms with E-state index in [9.17, 15) is 8.78 Å². The molecule has 0 spiro atoms. The zero-order chi connectivity index (χ0) is 14.5. The molecule has 2 rings (SSSR count). The van der Waals surface area contributed by atoms with Crippen molar-refractivity contribution in [3.8, 4) is 0 Å². The lowest BCUT2D eigenvalue weighted by Gasteiger charge is -2.13. The van der Waals surface area contributed by atoms with Crippen LogP contribution in [0.15, 0.2) is 42.5 Å². The highest BCUT2D eigenvalue weighted by atomic mass is 35.5. The molecule has 0 N–H and O–H groups in total. The van der Waals surface area contributed by atoms with Crippen LogP contribution in [0.3, 0.4) is 0 Å². The Labute approximate surface area is 123 Å².